The molecule has 0 radical (unpaired) electrons. The number of allylic oxidation sites excluding steroid dienone is 2. The van der Waals surface area contributed by atoms with Crippen molar-refractivity contribution in [3.63, 3.8) is 0 Å². The molecule has 0 atom stereocenters. The first kappa shape index (κ1) is 23.4. The van der Waals surface area contributed by atoms with Gasteiger partial charge in [0, 0.05) is 0 Å². The molecule has 1 aromatic carbocycles. The van der Waals surface area contributed by atoms with Gasteiger partial charge in [0.25, 0.3) is 0 Å². The predicted molar refractivity (Wildman–Crippen MR) is 119 cm³/mol. The quantitative estimate of drug-likeness (QED) is 0.276. The summed E-state index contributed by atoms with van der Waals surface area (Å²) in [7, 11) is 0. The van der Waals surface area contributed by atoms with Crippen molar-refractivity contribution in [1.82, 2.24) is 0 Å². The number of rotatable bonds is 9. The molecule has 168 valence electrons. The van der Waals surface area contributed by atoms with Crippen molar-refractivity contribution in [1.29, 1.82) is 0 Å². The van der Waals surface area contributed by atoms with Gasteiger partial charge in [-0.2, -0.15) is 0 Å². The second-order valence-electron chi connectivity index (χ2n) is 9.82. The van der Waals surface area contributed by atoms with Gasteiger partial charge in [0.1, 0.15) is 0 Å². The van der Waals surface area contributed by atoms with E-state index in [1.165, 1.54) is 76.3 Å². The maximum Gasteiger partial charge on any atom is 0.194 e. The summed E-state index contributed by atoms with van der Waals surface area (Å²) in [6.07, 6.45) is 22.2. The Balaban J connectivity index is 1.32. The number of hydrogen-bond acceptors (Lipinski definition) is 0. The average molecular weight is 421 g/mol. The van der Waals surface area contributed by atoms with Crippen molar-refractivity contribution >= 4 is 0 Å². The SMILES string of the molecule is CCC/C=C/CCC1CCC(CCC2CCC(c3cc(F)c(F)c(F)c3)CC2)CC1. The summed E-state index contributed by atoms with van der Waals surface area (Å²) < 4.78 is 40.2. The molecule has 0 nitrogen and oxygen atoms in total. The molecule has 30 heavy (non-hydrogen) atoms. The highest BCUT2D eigenvalue weighted by atomic mass is 19.2. The van der Waals surface area contributed by atoms with Crippen molar-refractivity contribution in [2.24, 2.45) is 17.8 Å². The van der Waals surface area contributed by atoms with Crippen LogP contribution in [-0.4, -0.2) is 0 Å². The van der Waals surface area contributed by atoms with Gasteiger partial charge in [0.2, 0.25) is 0 Å². The predicted octanol–water partition coefficient (Wildman–Crippen LogP) is 9.10. The van der Waals surface area contributed by atoms with Gasteiger partial charge in [0.15, 0.2) is 17.5 Å². The van der Waals surface area contributed by atoms with Gasteiger partial charge in [-0.15, -0.1) is 0 Å². The van der Waals surface area contributed by atoms with Gasteiger partial charge in [-0.05, 0) is 86.3 Å². The highest BCUT2D eigenvalue weighted by molar-refractivity contribution is 5.23. The second kappa shape index (κ2) is 12.0. The molecule has 3 heteroatoms. The first-order valence-electron chi connectivity index (χ1n) is 12.4. The third-order valence-corrected chi connectivity index (χ3v) is 7.64. The minimum atomic E-state index is -1.35. The topological polar surface area (TPSA) is 0 Å². The van der Waals surface area contributed by atoms with Crippen LogP contribution in [0, 0.1) is 35.2 Å². The smallest absolute Gasteiger partial charge is 0.194 e. The van der Waals surface area contributed by atoms with E-state index in [1.807, 2.05) is 0 Å². The number of halogens is 3. The van der Waals surface area contributed by atoms with Crippen LogP contribution in [0.5, 0.6) is 0 Å². The van der Waals surface area contributed by atoms with Gasteiger partial charge < -0.3 is 0 Å². The van der Waals surface area contributed by atoms with Crippen molar-refractivity contribution < 1.29 is 13.2 Å². The van der Waals surface area contributed by atoms with Crippen molar-refractivity contribution in [3.8, 4) is 0 Å². The van der Waals surface area contributed by atoms with Crippen LogP contribution in [-0.2, 0) is 0 Å². The number of unbranched alkanes of at least 4 members (excludes halogenated alkanes) is 1. The van der Waals surface area contributed by atoms with Crippen molar-refractivity contribution in [3.05, 3.63) is 47.3 Å². The Hall–Kier alpha value is -1.25. The van der Waals surface area contributed by atoms with E-state index in [1.54, 1.807) is 0 Å². The molecular formula is C27H39F3. The third-order valence-electron chi connectivity index (χ3n) is 7.64. The fraction of sp³-hybridized carbons (Fsp3) is 0.704. The molecule has 0 aliphatic heterocycles. The molecule has 0 heterocycles. The monoisotopic (exact) mass is 420 g/mol. The van der Waals surface area contributed by atoms with Gasteiger partial charge in [0.05, 0.1) is 0 Å². The van der Waals surface area contributed by atoms with E-state index in [4.69, 9.17) is 0 Å². The maximum atomic E-state index is 13.5. The van der Waals surface area contributed by atoms with Crippen LogP contribution in [0.4, 0.5) is 13.2 Å². The molecule has 0 aromatic heterocycles. The molecule has 3 rings (SSSR count). The first-order valence-corrected chi connectivity index (χ1v) is 12.4. The summed E-state index contributed by atoms with van der Waals surface area (Å²) in [5, 5.41) is 0. The molecule has 0 N–H and O–H groups in total. The normalized spacial score (nSPS) is 27.6. The number of benzene rings is 1. The van der Waals surface area contributed by atoms with Crippen LogP contribution in [0.3, 0.4) is 0 Å². The van der Waals surface area contributed by atoms with Crippen LogP contribution in [0.2, 0.25) is 0 Å². The molecule has 2 fully saturated rings. The second-order valence-corrected chi connectivity index (χ2v) is 9.82. The van der Waals surface area contributed by atoms with Gasteiger partial charge in [-0.1, -0.05) is 64.0 Å². The molecule has 0 unspecified atom stereocenters. The summed E-state index contributed by atoms with van der Waals surface area (Å²) in [5.74, 6) is -0.714. The lowest BCUT2D eigenvalue weighted by Crippen LogP contribution is -2.18. The van der Waals surface area contributed by atoms with E-state index in [-0.39, 0.29) is 5.92 Å². The van der Waals surface area contributed by atoms with Gasteiger partial charge in [-0.3, -0.25) is 0 Å². The van der Waals surface area contributed by atoms with E-state index in [0.717, 1.165) is 43.4 Å². The maximum absolute atomic E-state index is 13.5. The van der Waals surface area contributed by atoms with Crippen LogP contribution < -0.4 is 0 Å². The summed E-state index contributed by atoms with van der Waals surface area (Å²) in [4.78, 5) is 0. The molecule has 2 aliphatic carbocycles. The minimum Gasteiger partial charge on any atom is -0.204 e. The van der Waals surface area contributed by atoms with Crippen LogP contribution >= 0.6 is 0 Å². The van der Waals surface area contributed by atoms with Gasteiger partial charge >= 0.3 is 0 Å². The Morgan fingerprint density at radius 2 is 1.17 bits per heavy atom. The Morgan fingerprint density at radius 1 is 0.700 bits per heavy atom. The third kappa shape index (κ3) is 6.89. The summed E-state index contributed by atoms with van der Waals surface area (Å²) in [5.41, 5.74) is 0.632. The van der Waals surface area contributed by atoms with E-state index in [9.17, 15) is 13.2 Å². The van der Waals surface area contributed by atoms with Crippen molar-refractivity contribution in [2.45, 2.75) is 103 Å². The Morgan fingerprint density at radius 3 is 1.70 bits per heavy atom. The molecule has 1 aromatic rings. The first-order chi connectivity index (χ1) is 14.6. The van der Waals surface area contributed by atoms with Crippen LogP contribution in [0.25, 0.3) is 0 Å². The lowest BCUT2D eigenvalue weighted by atomic mass is 9.74. The molecular weight excluding hydrogens is 381 g/mol. The van der Waals surface area contributed by atoms with E-state index < -0.39 is 17.5 Å². The van der Waals surface area contributed by atoms with E-state index in [0.29, 0.717) is 5.56 Å². The van der Waals surface area contributed by atoms with Gasteiger partial charge in [-0.25, -0.2) is 13.2 Å². The fourth-order valence-electron chi connectivity index (χ4n) is 5.61. The van der Waals surface area contributed by atoms with Crippen LogP contribution in [0.1, 0.15) is 108 Å². The molecule has 2 aliphatic rings. The summed E-state index contributed by atoms with van der Waals surface area (Å²) >= 11 is 0. The van der Waals surface area contributed by atoms with E-state index in [2.05, 4.69) is 19.1 Å². The Bertz CT molecular complexity index is 642. The fourth-order valence-corrected chi connectivity index (χ4v) is 5.61. The van der Waals surface area contributed by atoms with Crippen molar-refractivity contribution in [2.75, 3.05) is 0 Å². The molecule has 2 saturated carbocycles. The molecule has 0 bridgehead atoms. The number of hydrogen-bond donors (Lipinski definition) is 0. The van der Waals surface area contributed by atoms with Crippen LogP contribution in [0.15, 0.2) is 24.3 Å². The highest BCUT2D eigenvalue weighted by Crippen LogP contribution is 2.40. The molecule has 0 saturated heterocycles. The standard InChI is InChI=1S/C27H39F3/c1-2-3-4-5-6-7-20-8-10-21(11-9-20)12-13-22-14-16-23(17-15-22)24-18-25(28)27(30)26(29)19-24/h4-5,18-23H,2-3,6-17H2,1H3/b5-4+. The molecule has 0 spiro atoms. The zero-order valence-corrected chi connectivity index (χ0v) is 18.7. The minimum absolute atomic E-state index is 0.174. The van der Waals surface area contributed by atoms with E-state index >= 15 is 0 Å². The highest BCUT2D eigenvalue weighted by Gasteiger charge is 2.26. The zero-order valence-electron chi connectivity index (χ0n) is 18.7. The lowest BCUT2D eigenvalue weighted by Gasteiger charge is -2.32. The average Bonchev–Trinajstić information content (AvgIpc) is 2.77. The zero-order chi connectivity index (χ0) is 21.3. The summed E-state index contributed by atoms with van der Waals surface area (Å²) in [6, 6.07) is 2.39. The lowest BCUT2D eigenvalue weighted by molar-refractivity contribution is 0.225. The summed E-state index contributed by atoms with van der Waals surface area (Å²) in [6.45, 7) is 2.23. The Kier molecular flexibility index (Phi) is 9.33. The molecule has 0 amide bonds. The Labute approximate surface area is 181 Å². The largest absolute Gasteiger partial charge is 0.204 e.